The van der Waals surface area contributed by atoms with Crippen LogP contribution in [0.1, 0.15) is 39.0 Å². The van der Waals surface area contributed by atoms with Crippen LogP contribution in [0.25, 0.3) is 0 Å². The van der Waals surface area contributed by atoms with E-state index in [-0.39, 0.29) is 6.17 Å². The van der Waals surface area contributed by atoms with Gasteiger partial charge in [-0.05, 0) is 47.8 Å². The number of hydrogen-bond acceptors (Lipinski definition) is 4. The van der Waals surface area contributed by atoms with Gasteiger partial charge in [0.25, 0.3) is 0 Å². The molecule has 1 saturated carbocycles. The molecular formula is C17H23BrN4. The molecule has 3 rings (SSSR count). The maximum atomic E-state index is 6.31. The van der Waals surface area contributed by atoms with E-state index in [1.165, 1.54) is 32.1 Å². The molecule has 0 amide bonds. The van der Waals surface area contributed by atoms with Gasteiger partial charge in [-0.3, -0.25) is 5.01 Å². The van der Waals surface area contributed by atoms with Crippen LogP contribution in [0.2, 0.25) is 0 Å². The van der Waals surface area contributed by atoms with Crippen LogP contribution in [0.15, 0.2) is 45.5 Å². The first-order valence-corrected chi connectivity index (χ1v) is 8.76. The highest BCUT2D eigenvalue weighted by Crippen LogP contribution is 2.34. The molecule has 0 radical (unpaired) electrons. The molecule has 1 heterocycles. The second-order valence-electron chi connectivity index (χ2n) is 6.09. The number of para-hydroxylation sites is 1. The summed E-state index contributed by atoms with van der Waals surface area (Å²) in [6, 6.07) is 10.1. The minimum absolute atomic E-state index is 0.0350. The molecule has 2 aliphatic rings. The molecule has 1 fully saturated rings. The molecule has 22 heavy (non-hydrogen) atoms. The van der Waals surface area contributed by atoms with Gasteiger partial charge >= 0.3 is 0 Å². The summed E-state index contributed by atoms with van der Waals surface area (Å²) in [5.41, 5.74) is 2.07. The monoisotopic (exact) mass is 362 g/mol. The Labute approximate surface area is 140 Å². The lowest BCUT2D eigenvalue weighted by Crippen LogP contribution is -2.47. The molecule has 0 aromatic heterocycles. The zero-order valence-corrected chi connectivity index (χ0v) is 14.5. The molecule has 5 heteroatoms. The number of nitrogens with one attached hydrogen (secondary N) is 1. The largest absolute Gasteiger partial charge is 0.339 e. The van der Waals surface area contributed by atoms with Gasteiger partial charge in [-0.1, -0.05) is 37.5 Å². The van der Waals surface area contributed by atoms with Gasteiger partial charge in [-0.25, -0.2) is 10.8 Å². The number of benzene rings is 1. The fourth-order valence-corrected chi connectivity index (χ4v) is 3.65. The van der Waals surface area contributed by atoms with E-state index in [9.17, 15) is 0 Å². The number of hydrazine groups is 1. The average molecular weight is 363 g/mol. The Morgan fingerprint density at radius 2 is 1.86 bits per heavy atom. The Kier molecular flexibility index (Phi) is 4.84. The predicted octanol–water partition coefficient (Wildman–Crippen LogP) is 4.22. The number of hydrogen-bond donors (Lipinski definition) is 2. The zero-order valence-electron chi connectivity index (χ0n) is 12.9. The highest BCUT2D eigenvalue weighted by atomic mass is 79.9. The molecule has 1 atom stereocenters. The van der Waals surface area contributed by atoms with Crippen molar-refractivity contribution in [1.29, 1.82) is 0 Å². The Morgan fingerprint density at radius 1 is 1.18 bits per heavy atom. The molecule has 1 aliphatic carbocycles. The summed E-state index contributed by atoms with van der Waals surface area (Å²) in [4.78, 5) is 4.91. The minimum Gasteiger partial charge on any atom is -0.339 e. The first-order chi connectivity index (χ1) is 10.7. The van der Waals surface area contributed by atoms with E-state index in [4.69, 9.17) is 10.8 Å². The molecule has 1 unspecified atom stereocenters. The summed E-state index contributed by atoms with van der Waals surface area (Å²) in [5, 5.41) is 5.24. The third kappa shape index (κ3) is 3.20. The molecule has 4 nitrogen and oxygen atoms in total. The molecule has 0 saturated heterocycles. The second-order valence-corrected chi connectivity index (χ2v) is 6.88. The zero-order chi connectivity index (χ0) is 15.5. The van der Waals surface area contributed by atoms with E-state index >= 15 is 0 Å². The molecule has 1 aromatic carbocycles. The Balaban J connectivity index is 1.85. The lowest BCUT2D eigenvalue weighted by molar-refractivity contribution is 0.156. The number of nitrogens with two attached hydrogens (primary N) is 1. The van der Waals surface area contributed by atoms with Crippen LogP contribution in [0.4, 0.5) is 5.69 Å². The fraction of sp³-hybridized carbons (Fsp3) is 0.471. The van der Waals surface area contributed by atoms with Gasteiger partial charge in [0.2, 0.25) is 0 Å². The van der Waals surface area contributed by atoms with Crippen molar-refractivity contribution in [3.8, 4) is 0 Å². The average Bonchev–Trinajstić information content (AvgIpc) is 2.57. The lowest BCUT2D eigenvalue weighted by atomic mass is 9.86. The van der Waals surface area contributed by atoms with Gasteiger partial charge in [0.1, 0.15) is 12.0 Å². The normalized spacial score (nSPS) is 23.5. The Bertz CT molecular complexity index is 576. The van der Waals surface area contributed by atoms with Crippen LogP contribution < -0.4 is 11.2 Å². The summed E-state index contributed by atoms with van der Waals surface area (Å²) in [7, 11) is 0. The predicted molar refractivity (Wildman–Crippen MR) is 95.5 cm³/mol. The third-order valence-electron chi connectivity index (χ3n) is 4.57. The summed E-state index contributed by atoms with van der Waals surface area (Å²) < 4.78 is 0.936. The molecule has 0 bridgehead atoms. The molecule has 3 N–H and O–H groups in total. The highest BCUT2D eigenvalue weighted by Gasteiger charge is 2.32. The van der Waals surface area contributed by atoms with Gasteiger partial charge in [0.05, 0.1) is 4.48 Å². The molecule has 1 aliphatic heterocycles. The highest BCUT2D eigenvalue weighted by molar-refractivity contribution is 9.12. The maximum absolute atomic E-state index is 6.31. The SMILES string of the molecule is CC1=C(Br)C(Nc2ccccc2)=NC(C2CCCCC2)N1N. The number of amidine groups is 1. The number of anilines is 1. The van der Waals surface area contributed by atoms with Crippen LogP contribution in [0, 0.1) is 5.92 Å². The van der Waals surface area contributed by atoms with Gasteiger partial charge in [0, 0.05) is 17.3 Å². The summed E-state index contributed by atoms with van der Waals surface area (Å²) in [6.45, 7) is 2.04. The molecule has 1 aromatic rings. The first-order valence-electron chi connectivity index (χ1n) is 7.97. The second kappa shape index (κ2) is 6.84. The Morgan fingerprint density at radius 3 is 2.55 bits per heavy atom. The summed E-state index contributed by atoms with van der Waals surface area (Å²) in [6.07, 6.45) is 6.38. The van der Waals surface area contributed by atoms with E-state index in [0.29, 0.717) is 5.92 Å². The molecule has 118 valence electrons. The van der Waals surface area contributed by atoms with Crippen LogP contribution >= 0.6 is 15.9 Å². The third-order valence-corrected chi connectivity index (χ3v) is 5.52. The summed E-state index contributed by atoms with van der Waals surface area (Å²) >= 11 is 3.63. The molecule has 0 spiro atoms. The van der Waals surface area contributed by atoms with Gasteiger partial charge in [-0.2, -0.15) is 0 Å². The Hall–Kier alpha value is -1.33. The van der Waals surface area contributed by atoms with Crippen LogP contribution in [-0.4, -0.2) is 17.0 Å². The van der Waals surface area contributed by atoms with Crippen molar-refractivity contribution in [1.82, 2.24) is 5.01 Å². The molecular weight excluding hydrogens is 340 g/mol. The number of nitrogens with zero attached hydrogens (tertiary/aromatic N) is 2. The van der Waals surface area contributed by atoms with Gasteiger partial charge in [-0.15, -0.1) is 0 Å². The minimum atomic E-state index is 0.0350. The van der Waals surface area contributed by atoms with Crippen molar-refractivity contribution in [2.75, 3.05) is 5.32 Å². The van der Waals surface area contributed by atoms with Crippen molar-refractivity contribution in [3.63, 3.8) is 0 Å². The van der Waals surface area contributed by atoms with E-state index in [0.717, 1.165) is 21.7 Å². The lowest BCUT2D eigenvalue weighted by Gasteiger charge is -2.38. The van der Waals surface area contributed by atoms with Gasteiger partial charge < -0.3 is 5.32 Å². The fourth-order valence-electron chi connectivity index (χ4n) is 3.24. The van der Waals surface area contributed by atoms with Gasteiger partial charge in [0.15, 0.2) is 0 Å². The number of aliphatic imine (C=N–C) groups is 1. The quantitative estimate of drug-likeness (QED) is 0.774. The van der Waals surface area contributed by atoms with E-state index in [2.05, 4.69) is 21.2 Å². The number of allylic oxidation sites excluding steroid dienone is 1. The first kappa shape index (κ1) is 15.6. The number of rotatable bonds is 2. The van der Waals surface area contributed by atoms with Crippen molar-refractivity contribution >= 4 is 27.5 Å². The van der Waals surface area contributed by atoms with Crippen LogP contribution in [0.3, 0.4) is 0 Å². The topological polar surface area (TPSA) is 53.7 Å². The smallest absolute Gasteiger partial charge is 0.143 e. The van der Waals surface area contributed by atoms with E-state index in [1.807, 2.05) is 42.3 Å². The standard InChI is InChI=1S/C17H23BrN4/c1-12-15(18)16(20-14-10-6-3-7-11-14)21-17(22(12)19)13-8-4-2-5-9-13/h3,6-7,10-11,13,17H,2,4-5,8-9,19H2,1H3,(H,20,21). The number of halogens is 1. The van der Waals surface area contributed by atoms with E-state index < -0.39 is 0 Å². The maximum Gasteiger partial charge on any atom is 0.143 e. The van der Waals surface area contributed by atoms with Crippen molar-refractivity contribution in [2.24, 2.45) is 16.8 Å². The van der Waals surface area contributed by atoms with Crippen LogP contribution in [-0.2, 0) is 0 Å². The van der Waals surface area contributed by atoms with E-state index in [1.54, 1.807) is 0 Å². The van der Waals surface area contributed by atoms with Crippen LogP contribution in [0.5, 0.6) is 0 Å². The van der Waals surface area contributed by atoms with Crippen molar-refractivity contribution in [3.05, 3.63) is 40.5 Å². The van der Waals surface area contributed by atoms with Crippen molar-refractivity contribution < 1.29 is 0 Å². The van der Waals surface area contributed by atoms with Crippen molar-refractivity contribution in [2.45, 2.75) is 45.2 Å². The summed E-state index contributed by atoms with van der Waals surface area (Å²) in [5.74, 6) is 7.73.